The van der Waals surface area contributed by atoms with Crippen LogP contribution in [0.25, 0.3) is 0 Å². The summed E-state index contributed by atoms with van der Waals surface area (Å²) in [7, 11) is 2.97. The molecule has 0 bridgehead atoms. The number of benzene rings is 1. The number of carbonyl (C=O) groups excluding carboxylic acids is 2. The Labute approximate surface area is 137 Å². The minimum Gasteiger partial charge on any atom is -0.493 e. The van der Waals surface area contributed by atoms with E-state index in [1.54, 1.807) is 29.6 Å². The first-order valence-corrected chi connectivity index (χ1v) is 7.57. The van der Waals surface area contributed by atoms with Crippen LogP contribution in [0.1, 0.15) is 9.67 Å². The smallest absolute Gasteiger partial charge is 0.265 e. The van der Waals surface area contributed by atoms with Gasteiger partial charge in [-0.1, -0.05) is 6.07 Å². The van der Waals surface area contributed by atoms with Crippen molar-refractivity contribution in [1.29, 1.82) is 0 Å². The molecule has 1 aromatic carbocycles. The van der Waals surface area contributed by atoms with Gasteiger partial charge < -0.3 is 25.8 Å². The van der Waals surface area contributed by atoms with Crippen LogP contribution >= 0.6 is 11.3 Å². The average molecular weight is 335 g/mol. The summed E-state index contributed by atoms with van der Waals surface area (Å²) < 4.78 is 10.4. The van der Waals surface area contributed by atoms with Crippen molar-refractivity contribution in [3.05, 3.63) is 34.5 Å². The highest BCUT2D eigenvalue weighted by Crippen LogP contribution is 2.36. The van der Waals surface area contributed by atoms with E-state index < -0.39 is 0 Å². The Morgan fingerprint density at radius 3 is 2.22 bits per heavy atom. The fraction of sp³-hybridized carbons (Fsp3) is 0.200. The number of methoxy groups -OCH3 is 2. The Balaban J connectivity index is 2.37. The number of carbonyl (C=O) groups is 2. The molecule has 0 saturated carbocycles. The maximum atomic E-state index is 12.2. The zero-order chi connectivity index (χ0) is 16.8. The van der Waals surface area contributed by atoms with E-state index in [1.807, 2.05) is 0 Å². The first kappa shape index (κ1) is 16.8. The second-order valence-corrected chi connectivity index (χ2v) is 5.38. The summed E-state index contributed by atoms with van der Waals surface area (Å²) in [5.74, 6) is 0.188. The van der Waals surface area contributed by atoms with E-state index >= 15 is 0 Å². The van der Waals surface area contributed by atoms with E-state index in [4.69, 9.17) is 15.2 Å². The van der Waals surface area contributed by atoms with Gasteiger partial charge in [0.05, 0.1) is 37.0 Å². The van der Waals surface area contributed by atoms with Crippen molar-refractivity contribution < 1.29 is 19.1 Å². The lowest BCUT2D eigenvalue weighted by Gasteiger charge is -2.16. The van der Waals surface area contributed by atoms with Gasteiger partial charge in [-0.2, -0.15) is 0 Å². The maximum Gasteiger partial charge on any atom is 0.265 e. The zero-order valence-corrected chi connectivity index (χ0v) is 13.5. The van der Waals surface area contributed by atoms with Crippen molar-refractivity contribution >= 4 is 34.5 Å². The van der Waals surface area contributed by atoms with Crippen molar-refractivity contribution in [2.24, 2.45) is 5.73 Å². The van der Waals surface area contributed by atoms with Crippen molar-refractivity contribution in [3.8, 4) is 11.5 Å². The first-order valence-electron chi connectivity index (χ1n) is 6.69. The van der Waals surface area contributed by atoms with Gasteiger partial charge in [-0.3, -0.25) is 9.59 Å². The summed E-state index contributed by atoms with van der Waals surface area (Å²) in [6.45, 7) is -0.174. The number of anilines is 2. The topological polar surface area (TPSA) is 103 Å². The molecular formula is C15H17N3O4S. The van der Waals surface area contributed by atoms with Gasteiger partial charge in [-0.15, -0.1) is 11.3 Å². The van der Waals surface area contributed by atoms with Crippen LogP contribution in [-0.2, 0) is 4.79 Å². The molecule has 2 rings (SSSR count). The monoisotopic (exact) mass is 335 g/mol. The Hall–Kier alpha value is -2.58. The highest BCUT2D eigenvalue weighted by Gasteiger charge is 2.16. The molecule has 122 valence electrons. The molecule has 0 fully saturated rings. The maximum absolute atomic E-state index is 12.2. The molecule has 8 heteroatoms. The lowest BCUT2D eigenvalue weighted by atomic mass is 10.2. The highest BCUT2D eigenvalue weighted by atomic mass is 32.1. The summed E-state index contributed by atoms with van der Waals surface area (Å²) >= 11 is 1.32. The molecule has 4 N–H and O–H groups in total. The zero-order valence-electron chi connectivity index (χ0n) is 12.7. The van der Waals surface area contributed by atoms with Crippen LogP contribution in [0.4, 0.5) is 11.4 Å². The first-order chi connectivity index (χ1) is 11.1. The van der Waals surface area contributed by atoms with Crippen LogP contribution in [0.2, 0.25) is 0 Å². The van der Waals surface area contributed by atoms with Gasteiger partial charge in [0.15, 0.2) is 11.5 Å². The predicted octanol–water partition coefficient (Wildman–Crippen LogP) is 1.91. The normalized spacial score (nSPS) is 10.0. The third-order valence-corrected chi connectivity index (χ3v) is 3.84. The number of thiophene rings is 1. The summed E-state index contributed by atoms with van der Waals surface area (Å²) in [5, 5.41) is 7.18. The van der Waals surface area contributed by atoms with Gasteiger partial charge in [0.2, 0.25) is 5.91 Å². The van der Waals surface area contributed by atoms with Crippen molar-refractivity contribution in [2.75, 3.05) is 31.4 Å². The molecule has 0 atom stereocenters. The molecule has 0 unspecified atom stereocenters. The van der Waals surface area contributed by atoms with E-state index in [2.05, 4.69) is 10.6 Å². The van der Waals surface area contributed by atoms with E-state index in [0.29, 0.717) is 27.8 Å². The molecule has 23 heavy (non-hydrogen) atoms. The summed E-state index contributed by atoms with van der Waals surface area (Å²) in [4.78, 5) is 24.4. The molecule has 0 aliphatic rings. The molecule has 2 amide bonds. The quantitative estimate of drug-likeness (QED) is 0.748. The van der Waals surface area contributed by atoms with Crippen LogP contribution in [-0.4, -0.2) is 32.6 Å². The van der Waals surface area contributed by atoms with Crippen LogP contribution < -0.4 is 25.8 Å². The standard InChI is InChI=1S/C15H17N3O4S/c1-21-11-6-9(17-14(19)8-16)10(7-12(11)22-2)18-15(20)13-4-3-5-23-13/h3-7H,8,16H2,1-2H3,(H,17,19)(H,18,20). The van der Waals surface area contributed by atoms with Crippen molar-refractivity contribution in [3.63, 3.8) is 0 Å². The second kappa shape index (κ2) is 7.61. The molecule has 0 radical (unpaired) electrons. The second-order valence-electron chi connectivity index (χ2n) is 4.44. The Morgan fingerprint density at radius 2 is 1.74 bits per heavy atom. The van der Waals surface area contributed by atoms with Gasteiger partial charge in [0, 0.05) is 12.1 Å². The van der Waals surface area contributed by atoms with E-state index in [1.165, 1.54) is 25.6 Å². The van der Waals surface area contributed by atoms with Crippen molar-refractivity contribution in [2.45, 2.75) is 0 Å². The van der Waals surface area contributed by atoms with Crippen LogP contribution in [0.5, 0.6) is 11.5 Å². The summed E-state index contributed by atoms with van der Waals surface area (Å²) in [5.41, 5.74) is 6.09. The Bertz CT molecular complexity index is 701. The van der Waals surface area contributed by atoms with Gasteiger partial charge in [-0.25, -0.2) is 0 Å². The predicted molar refractivity (Wildman–Crippen MR) is 89.5 cm³/mol. The number of amides is 2. The van der Waals surface area contributed by atoms with Crippen LogP contribution in [0.15, 0.2) is 29.6 Å². The number of nitrogens with two attached hydrogens (primary N) is 1. The fourth-order valence-corrected chi connectivity index (χ4v) is 2.50. The lowest BCUT2D eigenvalue weighted by molar-refractivity contribution is -0.114. The largest absolute Gasteiger partial charge is 0.493 e. The van der Waals surface area contributed by atoms with Crippen LogP contribution in [0.3, 0.4) is 0 Å². The number of hydrogen-bond donors (Lipinski definition) is 3. The molecule has 1 heterocycles. The molecule has 0 aliphatic carbocycles. The van der Waals surface area contributed by atoms with Crippen molar-refractivity contribution in [1.82, 2.24) is 0 Å². The molecule has 7 nitrogen and oxygen atoms in total. The highest BCUT2D eigenvalue weighted by molar-refractivity contribution is 7.12. The molecule has 2 aromatic rings. The molecule has 0 spiro atoms. The fourth-order valence-electron chi connectivity index (χ4n) is 1.88. The average Bonchev–Trinajstić information content (AvgIpc) is 3.10. The third kappa shape index (κ3) is 3.99. The summed E-state index contributed by atoms with van der Waals surface area (Å²) in [6, 6.07) is 6.64. The third-order valence-electron chi connectivity index (χ3n) is 2.98. The SMILES string of the molecule is COc1cc(NC(=O)CN)c(NC(=O)c2cccs2)cc1OC. The van der Waals surface area contributed by atoms with E-state index in [-0.39, 0.29) is 18.4 Å². The Kier molecular flexibility index (Phi) is 5.56. The summed E-state index contributed by atoms with van der Waals surface area (Å²) in [6.07, 6.45) is 0. The lowest BCUT2D eigenvalue weighted by Crippen LogP contribution is -2.23. The number of ether oxygens (including phenoxy) is 2. The number of nitrogens with one attached hydrogen (secondary N) is 2. The molecule has 0 aliphatic heterocycles. The number of rotatable bonds is 6. The Morgan fingerprint density at radius 1 is 1.13 bits per heavy atom. The molecular weight excluding hydrogens is 318 g/mol. The van der Waals surface area contributed by atoms with E-state index in [0.717, 1.165) is 0 Å². The molecule has 0 saturated heterocycles. The van der Waals surface area contributed by atoms with Gasteiger partial charge in [-0.05, 0) is 11.4 Å². The molecule has 1 aromatic heterocycles. The van der Waals surface area contributed by atoms with E-state index in [9.17, 15) is 9.59 Å². The van der Waals surface area contributed by atoms with Gasteiger partial charge in [0.25, 0.3) is 5.91 Å². The van der Waals surface area contributed by atoms with Gasteiger partial charge >= 0.3 is 0 Å². The van der Waals surface area contributed by atoms with Gasteiger partial charge in [0.1, 0.15) is 0 Å². The number of hydrogen-bond acceptors (Lipinski definition) is 6. The van der Waals surface area contributed by atoms with Crippen LogP contribution in [0, 0.1) is 0 Å². The minimum atomic E-state index is -0.385. The minimum absolute atomic E-state index is 0.174.